The van der Waals surface area contributed by atoms with Crippen molar-refractivity contribution in [3.8, 4) is 0 Å². The first-order valence-electron chi connectivity index (χ1n) is 11.5. The van der Waals surface area contributed by atoms with E-state index in [9.17, 15) is 9.59 Å². The molecular formula is C24H30N6O4. The van der Waals surface area contributed by atoms with Crippen molar-refractivity contribution in [2.45, 2.75) is 33.2 Å². The topological polar surface area (TPSA) is 117 Å². The number of nitrogens with zero attached hydrogens (tertiary/aromatic N) is 4. The molecule has 10 nitrogen and oxygen atoms in total. The number of amides is 3. The summed E-state index contributed by atoms with van der Waals surface area (Å²) in [6.07, 6.45) is 6.75. The molecule has 1 fully saturated rings. The van der Waals surface area contributed by atoms with Crippen molar-refractivity contribution in [2.24, 2.45) is 0 Å². The van der Waals surface area contributed by atoms with Crippen LogP contribution in [-0.4, -0.2) is 64.6 Å². The van der Waals surface area contributed by atoms with Crippen molar-refractivity contribution in [1.29, 1.82) is 0 Å². The highest BCUT2D eigenvalue weighted by atomic mass is 16.5. The molecule has 0 atom stereocenters. The van der Waals surface area contributed by atoms with Gasteiger partial charge in [0.1, 0.15) is 17.1 Å². The van der Waals surface area contributed by atoms with Crippen LogP contribution in [0, 0.1) is 13.8 Å². The number of hydrogen-bond donors (Lipinski definition) is 2. The molecule has 4 heterocycles. The summed E-state index contributed by atoms with van der Waals surface area (Å²) in [5.74, 6) is 1.15. The van der Waals surface area contributed by atoms with Gasteiger partial charge in [0.2, 0.25) is 0 Å². The molecule has 1 saturated heterocycles. The Balaban J connectivity index is 1.18. The Kier molecular flexibility index (Phi) is 7.58. The number of pyridine rings is 1. The number of hydrogen-bond acceptors (Lipinski definition) is 7. The average molecular weight is 467 g/mol. The molecule has 3 aromatic heterocycles. The van der Waals surface area contributed by atoms with E-state index in [4.69, 9.17) is 8.94 Å². The van der Waals surface area contributed by atoms with Gasteiger partial charge < -0.3 is 24.5 Å². The minimum atomic E-state index is -0.170. The highest BCUT2D eigenvalue weighted by molar-refractivity contribution is 5.94. The fourth-order valence-corrected chi connectivity index (χ4v) is 3.96. The summed E-state index contributed by atoms with van der Waals surface area (Å²) in [6.45, 7) is 7.84. The van der Waals surface area contributed by atoms with Gasteiger partial charge in [-0.25, -0.2) is 4.79 Å². The molecule has 0 bridgehead atoms. The number of rotatable bonds is 8. The monoisotopic (exact) mass is 466 g/mol. The third-order valence-corrected chi connectivity index (χ3v) is 5.92. The number of anilines is 1. The van der Waals surface area contributed by atoms with Crippen molar-refractivity contribution in [3.63, 3.8) is 0 Å². The summed E-state index contributed by atoms with van der Waals surface area (Å²) < 4.78 is 10.3. The number of aryl methyl sites for hydroxylation is 3. The van der Waals surface area contributed by atoms with Gasteiger partial charge >= 0.3 is 6.03 Å². The van der Waals surface area contributed by atoms with Crippen LogP contribution in [0.5, 0.6) is 0 Å². The molecule has 10 heteroatoms. The van der Waals surface area contributed by atoms with Gasteiger partial charge in [-0.2, -0.15) is 0 Å². The lowest BCUT2D eigenvalue weighted by atomic mass is 10.1. The maximum Gasteiger partial charge on any atom is 0.322 e. The highest BCUT2D eigenvalue weighted by Gasteiger charge is 2.22. The molecule has 4 rings (SSSR count). The van der Waals surface area contributed by atoms with E-state index in [0.717, 1.165) is 38.0 Å². The molecule has 3 amide bonds. The Labute approximate surface area is 198 Å². The lowest BCUT2D eigenvalue weighted by Gasteiger charge is -2.34. The van der Waals surface area contributed by atoms with Crippen LogP contribution in [0.2, 0.25) is 0 Å². The molecular weight excluding hydrogens is 436 g/mol. The van der Waals surface area contributed by atoms with Gasteiger partial charge in [0, 0.05) is 38.6 Å². The van der Waals surface area contributed by atoms with Gasteiger partial charge in [-0.1, -0.05) is 5.16 Å². The molecule has 0 aromatic carbocycles. The lowest BCUT2D eigenvalue weighted by Crippen LogP contribution is -2.50. The average Bonchev–Trinajstić information content (AvgIpc) is 3.49. The normalized spacial score (nSPS) is 14.2. The van der Waals surface area contributed by atoms with Crippen molar-refractivity contribution >= 4 is 17.6 Å². The third kappa shape index (κ3) is 6.02. The molecule has 3 aromatic rings. The van der Waals surface area contributed by atoms with E-state index in [0.29, 0.717) is 48.1 Å². The third-order valence-electron chi connectivity index (χ3n) is 5.92. The first-order chi connectivity index (χ1) is 16.5. The zero-order valence-corrected chi connectivity index (χ0v) is 19.5. The van der Waals surface area contributed by atoms with Crippen molar-refractivity contribution < 1.29 is 18.5 Å². The van der Waals surface area contributed by atoms with Crippen LogP contribution in [-0.2, 0) is 13.0 Å². The summed E-state index contributed by atoms with van der Waals surface area (Å²) in [7, 11) is 0. The van der Waals surface area contributed by atoms with E-state index in [1.807, 2.05) is 24.0 Å². The molecule has 2 N–H and O–H groups in total. The second kappa shape index (κ2) is 11.0. The highest BCUT2D eigenvalue weighted by Crippen LogP contribution is 2.19. The van der Waals surface area contributed by atoms with Crippen LogP contribution >= 0.6 is 0 Å². The first kappa shape index (κ1) is 23.5. The Morgan fingerprint density at radius 1 is 1.15 bits per heavy atom. The lowest BCUT2D eigenvalue weighted by molar-refractivity contribution is 0.0947. The molecule has 1 aliphatic rings. The molecule has 34 heavy (non-hydrogen) atoms. The number of aromatic nitrogens is 2. The largest absolute Gasteiger partial charge is 0.467 e. The van der Waals surface area contributed by atoms with Crippen LogP contribution in [0.15, 0.2) is 45.8 Å². The van der Waals surface area contributed by atoms with Gasteiger partial charge in [0.25, 0.3) is 5.91 Å². The number of carbonyl (C=O) groups excluding carboxylic acids is 2. The summed E-state index contributed by atoms with van der Waals surface area (Å²) in [4.78, 5) is 33.3. The van der Waals surface area contributed by atoms with E-state index in [2.05, 4.69) is 25.7 Å². The number of nitrogens with one attached hydrogen (secondary N) is 2. The second-order valence-corrected chi connectivity index (χ2v) is 8.41. The minimum absolute atomic E-state index is 0.123. The fourth-order valence-electron chi connectivity index (χ4n) is 3.96. The quantitative estimate of drug-likeness (QED) is 0.524. The molecule has 180 valence electrons. The second-order valence-electron chi connectivity index (χ2n) is 8.41. The standard InChI is InChI=1S/C24H30N6O4/c1-17-22(18(2)34-28-17)27-24(32)30-10-8-29(9-11-30)7-3-5-19-13-20(15-25-14-19)23(31)26-16-21-6-4-12-33-21/h4,6,12-15H,3,5,7-11,16H2,1-2H3,(H,26,31)(H,27,32). The molecule has 0 saturated carbocycles. The zero-order chi connectivity index (χ0) is 23.9. The van der Waals surface area contributed by atoms with E-state index >= 15 is 0 Å². The summed E-state index contributed by atoms with van der Waals surface area (Å²) in [5, 5.41) is 9.62. The molecule has 0 radical (unpaired) electrons. The smallest absolute Gasteiger partial charge is 0.322 e. The molecule has 0 unspecified atom stereocenters. The Morgan fingerprint density at radius 2 is 1.97 bits per heavy atom. The molecule has 1 aliphatic heterocycles. The van der Waals surface area contributed by atoms with Gasteiger partial charge in [-0.15, -0.1) is 0 Å². The van der Waals surface area contributed by atoms with Crippen LogP contribution < -0.4 is 10.6 Å². The maximum absolute atomic E-state index is 12.6. The summed E-state index contributed by atoms with van der Waals surface area (Å²) in [6, 6.07) is 5.38. The SMILES string of the molecule is Cc1noc(C)c1NC(=O)N1CCN(CCCc2cncc(C(=O)NCc3ccco3)c2)CC1. The number of furan rings is 1. The number of piperazine rings is 1. The van der Waals surface area contributed by atoms with Gasteiger partial charge in [0.15, 0.2) is 5.76 Å². The van der Waals surface area contributed by atoms with Crippen LogP contribution in [0.4, 0.5) is 10.5 Å². The predicted octanol–water partition coefficient (Wildman–Crippen LogP) is 2.99. The van der Waals surface area contributed by atoms with Crippen LogP contribution in [0.3, 0.4) is 0 Å². The number of urea groups is 1. The predicted molar refractivity (Wildman–Crippen MR) is 125 cm³/mol. The van der Waals surface area contributed by atoms with Crippen molar-refractivity contribution in [2.75, 3.05) is 38.0 Å². The zero-order valence-electron chi connectivity index (χ0n) is 19.5. The van der Waals surface area contributed by atoms with E-state index < -0.39 is 0 Å². The van der Waals surface area contributed by atoms with Gasteiger partial charge in [-0.05, 0) is 57.0 Å². The van der Waals surface area contributed by atoms with Crippen LogP contribution in [0.25, 0.3) is 0 Å². The Hall–Kier alpha value is -3.66. The summed E-state index contributed by atoms with van der Waals surface area (Å²) in [5.41, 5.74) is 2.90. The first-order valence-corrected chi connectivity index (χ1v) is 11.5. The maximum atomic E-state index is 12.6. The van der Waals surface area contributed by atoms with E-state index in [-0.39, 0.29) is 11.9 Å². The van der Waals surface area contributed by atoms with Gasteiger partial charge in [0.05, 0.1) is 18.4 Å². The summed E-state index contributed by atoms with van der Waals surface area (Å²) >= 11 is 0. The molecule has 0 aliphatic carbocycles. The van der Waals surface area contributed by atoms with Crippen molar-refractivity contribution in [1.82, 2.24) is 25.3 Å². The fraction of sp³-hybridized carbons (Fsp3) is 0.417. The minimum Gasteiger partial charge on any atom is -0.467 e. The van der Waals surface area contributed by atoms with Crippen LogP contribution in [0.1, 0.15) is 39.6 Å². The van der Waals surface area contributed by atoms with Gasteiger partial charge in [-0.3, -0.25) is 14.7 Å². The Morgan fingerprint density at radius 3 is 2.68 bits per heavy atom. The van der Waals surface area contributed by atoms with E-state index in [1.165, 1.54) is 0 Å². The van der Waals surface area contributed by atoms with Crippen molar-refractivity contribution in [3.05, 3.63) is 65.2 Å². The number of carbonyl (C=O) groups is 2. The molecule has 0 spiro atoms. The Bertz CT molecular complexity index is 1080. The van der Waals surface area contributed by atoms with E-state index in [1.54, 1.807) is 31.6 Å².